The van der Waals surface area contributed by atoms with Crippen molar-refractivity contribution in [2.75, 3.05) is 9.80 Å². The number of para-hydroxylation sites is 6. The molecule has 0 radical (unpaired) electrons. The largest absolute Gasteiger partial charge is 0.456 e. The van der Waals surface area contributed by atoms with Crippen molar-refractivity contribution in [1.29, 1.82) is 0 Å². The highest BCUT2D eigenvalue weighted by Crippen LogP contribution is 2.52. The average molecular weight is 683 g/mol. The van der Waals surface area contributed by atoms with Crippen LogP contribution < -0.4 is 9.80 Å². The van der Waals surface area contributed by atoms with Crippen LogP contribution in [0.15, 0.2) is 195 Å². The van der Waals surface area contributed by atoms with Crippen LogP contribution in [0, 0.1) is 0 Å². The fraction of sp³-hybridized carbons (Fsp3) is 0. The monoisotopic (exact) mass is 682 g/mol. The van der Waals surface area contributed by atoms with E-state index in [4.69, 9.17) is 13.3 Å². The van der Waals surface area contributed by atoms with E-state index in [9.17, 15) is 0 Å². The smallest absolute Gasteiger partial charge is 0.160 e. The molecule has 53 heavy (non-hydrogen) atoms. The third-order valence-corrected chi connectivity index (χ3v) is 10.2. The van der Waals surface area contributed by atoms with Crippen LogP contribution in [0.3, 0.4) is 0 Å². The Morgan fingerprint density at radius 2 is 0.679 bits per heavy atom. The number of anilines is 6. The minimum atomic E-state index is 0.730. The molecule has 0 aliphatic carbocycles. The second-order valence-electron chi connectivity index (χ2n) is 13.3. The van der Waals surface area contributed by atoms with Crippen molar-refractivity contribution in [3.05, 3.63) is 182 Å². The zero-order valence-corrected chi connectivity index (χ0v) is 28.4. The summed E-state index contributed by atoms with van der Waals surface area (Å²) in [7, 11) is 0. The Kier molecular flexibility index (Phi) is 6.48. The normalized spacial score (nSPS) is 11.8. The summed E-state index contributed by atoms with van der Waals surface area (Å²) in [5, 5.41) is 5.94. The zero-order valence-electron chi connectivity index (χ0n) is 28.4. The minimum absolute atomic E-state index is 0.730. The van der Waals surface area contributed by atoms with Crippen LogP contribution in [-0.4, -0.2) is 0 Å². The maximum absolute atomic E-state index is 7.05. The summed E-state index contributed by atoms with van der Waals surface area (Å²) in [5.41, 5.74) is 10.6. The number of rotatable bonds is 6. The number of benzene rings is 8. The van der Waals surface area contributed by atoms with E-state index in [1.54, 1.807) is 0 Å². The SMILES string of the molecule is c1ccc(N(c2ccccc2)c2cc3oc4cc(N(c5ccccc5)c5ccccc5)c5c6ccccc6oc5c4c3c3c2oc2ccccc23)cc1. The summed E-state index contributed by atoms with van der Waals surface area (Å²) in [6.45, 7) is 0. The van der Waals surface area contributed by atoms with Crippen LogP contribution in [0.1, 0.15) is 0 Å². The first-order valence-corrected chi connectivity index (χ1v) is 17.8. The summed E-state index contributed by atoms with van der Waals surface area (Å²) < 4.78 is 20.8. The summed E-state index contributed by atoms with van der Waals surface area (Å²) in [5.74, 6) is 0. The minimum Gasteiger partial charge on any atom is -0.456 e. The van der Waals surface area contributed by atoms with E-state index < -0.39 is 0 Å². The van der Waals surface area contributed by atoms with E-state index in [0.717, 1.165) is 99.9 Å². The van der Waals surface area contributed by atoms with E-state index in [-0.39, 0.29) is 0 Å². The highest BCUT2D eigenvalue weighted by atomic mass is 16.3. The molecule has 0 aliphatic heterocycles. The summed E-state index contributed by atoms with van der Waals surface area (Å²) in [6.07, 6.45) is 0. The van der Waals surface area contributed by atoms with Crippen molar-refractivity contribution in [3.8, 4) is 0 Å². The Labute approximate surface area is 304 Å². The van der Waals surface area contributed by atoms with E-state index in [1.165, 1.54) is 0 Å². The fourth-order valence-corrected chi connectivity index (χ4v) is 7.98. The predicted molar refractivity (Wildman–Crippen MR) is 218 cm³/mol. The lowest BCUT2D eigenvalue weighted by Crippen LogP contribution is -2.10. The number of hydrogen-bond acceptors (Lipinski definition) is 5. The average Bonchev–Trinajstić information content (AvgIpc) is 3.91. The van der Waals surface area contributed by atoms with Crippen molar-refractivity contribution in [2.45, 2.75) is 0 Å². The Hall–Kier alpha value is -7.24. The molecular formula is C48H30N2O3. The molecule has 5 nitrogen and oxygen atoms in total. The van der Waals surface area contributed by atoms with Crippen LogP contribution >= 0.6 is 0 Å². The second-order valence-corrected chi connectivity index (χ2v) is 13.3. The van der Waals surface area contributed by atoms with E-state index in [0.29, 0.717) is 0 Å². The fourth-order valence-electron chi connectivity index (χ4n) is 7.98. The highest BCUT2D eigenvalue weighted by molar-refractivity contribution is 6.35. The van der Waals surface area contributed by atoms with Crippen LogP contribution in [0.4, 0.5) is 34.1 Å². The molecule has 0 saturated carbocycles. The van der Waals surface area contributed by atoms with Crippen LogP contribution in [0.5, 0.6) is 0 Å². The van der Waals surface area contributed by atoms with Gasteiger partial charge < -0.3 is 23.1 Å². The number of fused-ring (bicyclic) bond motifs is 11. The van der Waals surface area contributed by atoms with Gasteiger partial charge in [-0.3, -0.25) is 0 Å². The lowest BCUT2D eigenvalue weighted by Gasteiger charge is -2.26. The van der Waals surface area contributed by atoms with E-state index >= 15 is 0 Å². The maximum atomic E-state index is 7.05. The molecule has 5 heteroatoms. The lowest BCUT2D eigenvalue weighted by molar-refractivity contribution is 0.660. The first kappa shape index (κ1) is 29.5. The van der Waals surface area contributed by atoms with Crippen LogP contribution in [-0.2, 0) is 0 Å². The van der Waals surface area contributed by atoms with Crippen molar-refractivity contribution in [2.24, 2.45) is 0 Å². The molecule has 0 amide bonds. The number of furan rings is 3. The summed E-state index contributed by atoms with van der Waals surface area (Å²) in [4.78, 5) is 4.53. The van der Waals surface area contributed by atoms with Crippen molar-refractivity contribution in [1.82, 2.24) is 0 Å². The van der Waals surface area contributed by atoms with Gasteiger partial charge in [0, 0.05) is 56.4 Å². The van der Waals surface area contributed by atoms with Gasteiger partial charge in [-0.05, 0) is 60.7 Å². The van der Waals surface area contributed by atoms with Gasteiger partial charge in [0.25, 0.3) is 0 Å². The third-order valence-electron chi connectivity index (χ3n) is 10.2. The molecule has 8 aromatic carbocycles. The van der Waals surface area contributed by atoms with Crippen molar-refractivity contribution < 1.29 is 13.3 Å². The first-order valence-electron chi connectivity index (χ1n) is 17.8. The molecule has 0 spiro atoms. The number of hydrogen-bond donors (Lipinski definition) is 0. The second kappa shape index (κ2) is 11.7. The predicted octanol–water partition coefficient (Wildman–Crippen LogP) is 14.3. The quantitative estimate of drug-likeness (QED) is 0.175. The van der Waals surface area contributed by atoms with Gasteiger partial charge in [-0.25, -0.2) is 0 Å². The van der Waals surface area contributed by atoms with Gasteiger partial charge >= 0.3 is 0 Å². The molecule has 0 N–H and O–H groups in total. The standard InChI is InChI=1S/C48H30N2O3/c1-5-17-31(18-6-1)49(32-19-7-2-8-20-32)37-29-42-46(48-43(37)35-25-13-15-27-39(35)53-48)45-41(51-42)30-38(47-44(45)36-26-14-16-28-40(36)52-47)50(33-21-9-3-10-22-33)34-23-11-4-12-24-34/h1-30H. The molecule has 0 bridgehead atoms. The molecule has 11 aromatic rings. The molecule has 0 unspecified atom stereocenters. The molecular weight excluding hydrogens is 653 g/mol. The highest BCUT2D eigenvalue weighted by Gasteiger charge is 2.29. The Balaban J connectivity index is 1.31. The Morgan fingerprint density at radius 1 is 0.283 bits per heavy atom. The molecule has 0 saturated heterocycles. The maximum Gasteiger partial charge on any atom is 0.160 e. The van der Waals surface area contributed by atoms with E-state index in [1.807, 2.05) is 48.5 Å². The van der Waals surface area contributed by atoms with Crippen molar-refractivity contribution in [3.63, 3.8) is 0 Å². The Bertz CT molecular complexity index is 3030. The topological polar surface area (TPSA) is 45.9 Å². The van der Waals surface area contributed by atoms with Crippen LogP contribution in [0.25, 0.3) is 65.8 Å². The van der Waals surface area contributed by atoms with Gasteiger partial charge in [0.15, 0.2) is 5.58 Å². The van der Waals surface area contributed by atoms with Gasteiger partial charge in [0.2, 0.25) is 0 Å². The van der Waals surface area contributed by atoms with Gasteiger partial charge in [0.05, 0.1) is 22.1 Å². The molecule has 250 valence electrons. The van der Waals surface area contributed by atoms with E-state index in [2.05, 4.69) is 143 Å². The molecule has 3 heterocycles. The van der Waals surface area contributed by atoms with Crippen molar-refractivity contribution >= 4 is 99.9 Å². The summed E-state index contributed by atoms with van der Waals surface area (Å²) >= 11 is 0. The van der Waals surface area contributed by atoms with Gasteiger partial charge in [-0.2, -0.15) is 0 Å². The van der Waals surface area contributed by atoms with Gasteiger partial charge in [-0.1, -0.05) is 109 Å². The first-order chi connectivity index (χ1) is 26.3. The molecule has 0 fully saturated rings. The molecule has 0 aliphatic rings. The number of nitrogens with zero attached hydrogens (tertiary/aromatic N) is 2. The Morgan fingerprint density at radius 3 is 1.21 bits per heavy atom. The summed E-state index contributed by atoms with van der Waals surface area (Å²) in [6, 6.07) is 62.6. The van der Waals surface area contributed by atoms with Crippen LogP contribution in [0.2, 0.25) is 0 Å². The molecule has 0 atom stereocenters. The lowest BCUT2D eigenvalue weighted by atomic mass is 10.0. The van der Waals surface area contributed by atoms with Gasteiger partial charge in [0.1, 0.15) is 27.9 Å². The molecule has 3 aromatic heterocycles. The molecule has 11 rings (SSSR count). The third kappa shape index (κ3) is 4.51. The van der Waals surface area contributed by atoms with Gasteiger partial charge in [-0.15, -0.1) is 0 Å². The zero-order chi connectivity index (χ0) is 34.9.